The number of sulfonamides is 1. The van der Waals surface area contributed by atoms with Gasteiger partial charge in [-0.25, -0.2) is 13.2 Å². The van der Waals surface area contributed by atoms with Crippen molar-refractivity contribution in [1.29, 1.82) is 0 Å². The molecule has 7 heteroatoms. The maximum Gasteiger partial charge on any atom is 0.335 e. The molecular formula is C14H12ClNO4S. The molecule has 0 atom stereocenters. The summed E-state index contributed by atoms with van der Waals surface area (Å²) in [6.07, 6.45) is 0. The van der Waals surface area contributed by atoms with Gasteiger partial charge in [0.05, 0.1) is 17.0 Å². The molecule has 0 bridgehead atoms. The Kier molecular flexibility index (Phi) is 4.50. The van der Waals surface area contributed by atoms with Gasteiger partial charge < -0.3 is 5.11 Å². The summed E-state index contributed by atoms with van der Waals surface area (Å²) in [6.45, 7) is 0. The highest BCUT2D eigenvalue weighted by Crippen LogP contribution is 2.21. The van der Waals surface area contributed by atoms with Crippen LogP contribution in [-0.4, -0.2) is 19.5 Å². The maximum atomic E-state index is 12.1. The molecule has 2 aromatic carbocycles. The van der Waals surface area contributed by atoms with Crippen LogP contribution in [0.5, 0.6) is 0 Å². The summed E-state index contributed by atoms with van der Waals surface area (Å²) in [7, 11) is -3.65. The van der Waals surface area contributed by atoms with Crippen LogP contribution in [0.3, 0.4) is 0 Å². The first-order valence-electron chi connectivity index (χ1n) is 5.94. The monoisotopic (exact) mass is 325 g/mol. The Bertz CT molecular complexity index is 760. The number of rotatable bonds is 5. The average Bonchev–Trinajstić information content (AvgIpc) is 2.37. The lowest BCUT2D eigenvalue weighted by molar-refractivity contribution is 0.0697. The fourth-order valence-corrected chi connectivity index (χ4v) is 3.20. The molecule has 0 aliphatic carbocycles. The molecule has 2 N–H and O–H groups in total. The first-order valence-corrected chi connectivity index (χ1v) is 7.97. The van der Waals surface area contributed by atoms with Crippen molar-refractivity contribution >= 4 is 33.3 Å². The van der Waals surface area contributed by atoms with Crippen LogP contribution in [0.1, 0.15) is 15.9 Å². The lowest BCUT2D eigenvalue weighted by Crippen LogP contribution is -2.15. The van der Waals surface area contributed by atoms with Crippen molar-refractivity contribution in [2.24, 2.45) is 0 Å². The molecule has 0 fully saturated rings. The zero-order valence-electron chi connectivity index (χ0n) is 10.8. The summed E-state index contributed by atoms with van der Waals surface area (Å²) in [5.74, 6) is -1.39. The predicted molar refractivity (Wildman–Crippen MR) is 81.1 cm³/mol. The number of halogens is 1. The normalized spacial score (nSPS) is 11.1. The predicted octanol–water partition coefficient (Wildman–Crippen LogP) is 2.98. The number of nitrogens with one attached hydrogen (secondary N) is 1. The Morgan fingerprint density at radius 1 is 1.14 bits per heavy atom. The molecule has 5 nitrogen and oxygen atoms in total. The van der Waals surface area contributed by atoms with E-state index in [1.54, 1.807) is 30.3 Å². The van der Waals surface area contributed by atoms with Crippen molar-refractivity contribution in [2.45, 2.75) is 5.75 Å². The van der Waals surface area contributed by atoms with Crippen LogP contribution in [0.2, 0.25) is 5.02 Å². The Morgan fingerprint density at radius 3 is 2.43 bits per heavy atom. The van der Waals surface area contributed by atoms with Crippen LogP contribution in [0.4, 0.5) is 5.69 Å². The minimum Gasteiger partial charge on any atom is -0.478 e. The van der Waals surface area contributed by atoms with Gasteiger partial charge in [-0.15, -0.1) is 0 Å². The number of benzene rings is 2. The van der Waals surface area contributed by atoms with Crippen molar-refractivity contribution in [1.82, 2.24) is 0 Å². The highest BCUT2D eigenvalue weighted by Gasteiger charge is 2.14. The summed E-state index contributed by atoms with van der Waals surface area (Å²) in [6, 6.07) is 12.5. The van der Waals surface area contributed by atoms with E-state index in [1.165, 1.54) is 18.2 Å². The van der Waals surface area contributed by atoms with Gasteiger partial charge >= 0.3 is 5.97 Å². The second-order valence-electron chi connectivity index (χ2n) is 4.38. The molecule has 0 aliphatic heterocycles. The Balaban J connectivity index is 2.22. The number of carbonyl (C=O) groups is 1. The fraction of sp³-hybridized carbons (Fsp3) is 0.0714. The van der Waals surface area contributed by atoms with Gasteiger partial charge in [-0.3, -0.25) is 4.72 Å². The van der Waals surface area contributed by atoms with E-state index in [-0.39, 0.29) is 22.0 Å². The van der Waals surface area contributed by atoms with Crippen LogP contribution in [0, 0.1) is 0 Å². The van der Waals surface area contributed by atoms with Gasteiger partial charge in [0.1, 0.15) is 0 Å². The van der Waals surface area contributed by atoms with Gasteiger partial charge in [0.2, 0.25) is 10.0 Å². The summed E-state index contributed by atoms with van der Waals surface area (Å²) < 4.78 is 26.4. The van der Waals surface area contributed by atoms with Gasteiger partial charge in [-0.05, 0) is 23.8 Å². The number of aromatic carboxylic acids is 1. The van der Waals surface area contributed by atoms with Crippen LogP contribution < -0.4 is 4.72 Å². The molecule has 2 aromatic rings. The lowest BCUT2D eigenvalue weighted by atomic mass is 10.2. The molecule has 0 heterocycles. The third-order valence-electron chi connectivity index (χ3n) is 2.62. The first-order chi connectivity index (χ1) is 9.85. The van der Waals surface area contributed by atoms with E-state index in [0.29, 0.717) is 5.56 Å². The number of hydrogen-bond acceptors (Lipinski definition) is 3. The molecule has 110 valence electrons. The molecule has 0 aliphatic rings. The number of carboxylic acids is 1. The highest BCUT2D eigenvalue weighted by molar-refractivity contribution is 7.91. The average molecular weight is 326 g/mol. The van der Waals surface area contributed by atoms with Gasteiger partial charge in [0.15, 0.2) is 0 Å². The quantitative estimate of drug-likeness (QED) is 0.885. The molecule has 0 amide bonds. The molecular weight excluding hydrogens is 314 g/mol. The summed E-state index contributed by atoms with van der Waals surface area (Å²) in [5.41, 5.74) is 0.668. The van der Waals surface area contributed by atoms with Crippen molar-refractivity contribution in [3.8, 4) is 0 Å². The second kappa shape index (κ2) is 6.15. The van der Waals surface area contributed by atoms with Crippen LogP contribution in [0.25, 0.3) is 0 Å². The fourth-order valence-electron chi connectivity index (χ4n) is 1.78. The van der Waals surface area contributed by atoms with Gasteiger partial charge in [0.25, 0.3) is 0 Å². The van der Waals surface area contributed by atoms with Crippen molar-refractivity contribution in [3.05, 3.63) is 64.7 Å². The van der Waals surface area contributed by atoms with Crippen LogP contribution in [0.15, 0.2) is 48.5 Å². The maximum absolute atomic E-state index is 12.1. The van der Waals surface area contributed by atoms with E-state index in [9.17, 15) is 13.2 Å². The molecule has 0 aromatic heterocycles. The standard InChI is InChI=1S/C14H12ClNO4S/c15-12-6-11(14(17)18)7-13(8-12)16-21(19,20)9-10-4-2-1-3-5-10/h1-8,16H,9H2,(H,17,18). The molecule has 0 saturated carbocycles. The summed E-state index contributed by atoms with van der Waals surface area (Å²) in [5, 5.41) is 9.08. The van der Waals surface area contributed by atoms with E-state index in [2.05, 4.69) is 4.72 Å². The Morgan fingerprint density at radius 2 is 1.81 bits per heavy atom. The smallest absolute Gasteiger partial charge is 0.335 e. The van der Waals surface area contributed by atoms with E-state index in [4.69, 9.17) is 16.7 Å². The van der Waals surface area contributed by atoms with Gasteiger partial charge in [-0.1, -0.05) is 41.9 Å². The number of anilines is 1. The molecule has 0 spiro atoms. The largest absolute Gasteiger partial charge is 0.478 e. The zero-order chi connectivity index (χ0) is 15.5. The number of carboxylic acid groups (broad SMARTS) is 1. The third kappa shape index (κ3) is 4.47. The van der Waals surface area contributed by atoms with Crippen LogP contribution >= 0.6 is 11.6 Å². The lowest BCUT2D eigenvalue weighted by Gasteiger charge is -2.09. The van der Waals surface area contributed by atoms with Crippen molar-refractivity contribution in [2.75, 3.05) is 4.72 Å². The summed E-state index contributed by atoms with van der Waals surface area (Å²) in [4.78, 5) is 10.9. The SMILES string of the molecule is O=C(O)c1cc(Cl)cc(NS(=O)(=O)Cc2ccccc2)c1. The van der Waals surface area contributed by atoms with Gasteiger partial charge in [0, 0.05) is 5.02 Å². The summed E-state index contributed by atoms with van der Waals surface area (Å²) >= 11 is 5.78. The van der Waals surface area contributed by atoms with Gasteiger partial charge in [-0.2, -0.15) is 0 Å². The molecule has 0 saturated heterocycles. The van der Waals surface area contributed by atoms with Crippen molar-refractivity contribution in [3.63, 3.8) is 0 Å². The molecule has 0 unspecified atom stereocenters. The van der Waals surface area contributed by atoms with Crippen LogP contribution in [-0.2, 0) is 15.8 Å². The number of hydrogen-bond donors (Lipinski definition) is 2. The van der Waals surface area contributed by atoms with E-state index >= 15 is 0 Å². The molecule has 0 radical (unpaired) electrons. The minimum atomic E-state index is -3.65. The van der Waals surface area contributed by atoms with Crippen molar-refractivity contribution < 1.29 is 18.3 Å². The zero-order valence-corrected chi connectivity index (χ0v) is 12.4. The molecule has 2 rings (SSSR count). The Hall–Kier alpha value is -2.05. The van der Waals surface area contributed by atoms with E-state index in [1.807, 2.05) is 0 Å². The Labute approximate surface area is 127 Å². The first kappa shape index (κ1) is 15.3. The van der Waals surface area contributed by atoms with E-state index < -0.39 is 16.0 Å². The minimum absolute atomic E-state index is 0.0834. The topological polar surface area (TPSA) is 83.5 Å². The van der Waals surface area contributed by atoms with E-state index in [0.717, 1.165) is 0 Å². The highest BCUT2D eigenvalue weighted by atomic mass is 35.5. The second-order valence-corrected chi connectivity index (χ2v) is 6.54. The third-order valence-corrected chi connectivity index (χ3v) is 4.10. The molecule has 21 heavy (non-hydrogen) atoms.